The summed E-state index contributed by atoms with van der Waals surface area (Å²) >= 11 is 0. The van der Waals surface area contributed by atoms with Crippen molar-refractivity contribution in [1.82, 2.24) is 9.21 Å². The summed E-state index contributed by atoms with van der Waals surface area (Å²) in [5.74, 6) is -0.746. The Labute approximate surface area is 200 Å². The molecule has 6 nitrogen and oxygen atoms in total. The number of aliphatic hydroxyl groups excluding tert-OH is 1. The lowest BCUT2D eigenvalue weighted by molar-refractivity contribution is -0.0117. The van der Waals surface area contributed by atoms with Crippen molar-refractivity contribution in [1.29, 1.82) is 0 Å². The number of sulfonamides is 1. The first-order valence-corrected chi connectivity index (χ1v) is 12.8. The molecule has 8 heteroatoms. The number of rotatable bonds is 9. The first kappa shape index (κ1) is 24.5. The molecule has 1 fully saturated rings. The van der Waals surface area contributed by atoms with Crippen molar-refractivity contribution in [2.75, 3.05) is 39.3 Å². The highest BCUT2D eigenvalue weighted by molar-refractivity contribution is 7.89. The minimum absolute atomic E-state index is 0.141. The maximum Gasteiger partial charge on any atom is 0.246 e. The zero-order valence-corrected chi connectivity index (χ0v) is 19.6. The molecule has 1 atom stereocenters. The lowest BCUT2D eigenvalue weighted by atomic mass is 10.0. The average Bonchev–Trinajstić information content (AvgIpc) is 2.86. The Bertz CT molecular complexity index is 1110. The van der Waals surface area contributed by atoms with E-state index in [0.717, 1.165) is 17.2 Å². The van der Waals surface area contributed by atoms with Crippen LogP contribution in [0.5, 0.6) is 0 Å². The van der Waals surface area contributed by atoms with Gasteiger partial charge in [0.25, 0.3) is 0 Å². The van der Waals surface area contributed by atoms with Crippen molar-refractivity contribution in [3.8, 4) is 0 Å². The Morgan fingerprint density at radius 2 is 1.35 bits per heavy atom. The summed E-state index contributed by atoms with van der Waals surface area (Å²) < 4.78 is 47.0. The van der Waals surface area contributed by atoms with E-state index in [-0.39, 0.29) is 30.7 Å². The fourth-order valence-corrected chi connectivity index (χ4v) is 5.63. The predicted molar refractivity (Wildman–Crippen MR) is 128 cm³/mol. The molecular weight excluding hydrogens is 455 g/mol. The molecule has 1 heterocycles. The molecule has 34 heavy (non-hydrogen) atoms. The van der Waals surface area contributed by atoms with Gasteiger partial charge in [0.1, 0.15) is 16.8 Å². The Hall–Kier alpha value is -2.62. The van der Waals surface area contributed by atoms with Gasteiger partial charge in [-0.1, -0.05) is 72.8 Å². The molecule has 0 aromatic heterocycles. The highest BCUT2D eigenvalue weighted by Gasteiger charge is 2.31. The van der Waals surface area contributed by atoms with Gasteiger partial charge in [-0.25, -0.2) is 12.8 Å². The van der Waals surface area contributed by atoms with Crippen LogP contribution in [0.15, 0.2) is 89.8 Å². The number of hydrogen-bond acceptors (Lipinski definition) is 5. The number of aliphatic hydroxyl groups is 1. The van der Waals surface area contributed by atoms with Crippen LogP contribution in [-0.2, 0) is 14.8 Å². The first-order valence-electron chi connectivity index (χ1n) is 11.3. The molecule has 1 aliphatic rings. The lowest BCUT2D eigenvalue weighted by Crippen LogP contribution is -2.50. The fraction of sp³-hybridized carbons (Fsp3) is 0.308. The first-order chi connectivity index (χ1) is 16.4. The molecule has 3 aromatic carbocycles. The Balaban J connectivity index is 1.32. The van der Waals surface area contributed by atoms with Gasteiger partial charge in [-0.2, -0.15) is 4.31 Å². The van der Waals surface area contributed by atoms with Crippen molar-refractivity contribution < 1.29 is 22.7 Å². The second kappa shape index (κ2) is 11.2. The van der Waals surface area contributed by atoms with Gasteiger partial charge in [-0.15, -0.1) is 0 Å². The van der Waals surface area contributed by atoms with E-state index in [4.69, 9.17) is 4.74 Å². The molecule has 1 aliphatic heterocycles. The Morgan fingerprint density at radius 1 is 0.824 bits per heavy atom. The second-order valence-corrected chi connectivity index (χ2v) is 10.2. The van der Waals surface area contributed by atoms with Crippen molar-refractivity contribution in [3.63, 3.8) is 0 Å². The largest absolute Gasteiger partial charge is 0.389 e. The topological polar surface area (TPSA) is 70.1 Å². The maximum atomic E-state index is 14.0. The molecule has 0 amide bonds. The van der Waals surface area contributed by atoms with Crippen molar-refractivity contribution in [3.05, 3.63) is 102 Å². The van der Waals surface area contributed by atoms with Gasteiger partial charge >= 0.3 is 0 Å². The van der Waals surface area contributed by atoms with Crippen LogP contribution < -0.4 is 0 Å². The third-order valence-corrected chi connectivity index (χ3v) is 7.85. The third kappa shape index (κ3) is 5.89. The van der Waals surface area contributed by atoms with Gasteiger partial charge in [0.15, 0.2) is 0 Å². The van der Waals surface area contributed by atoms with Gasteiger partial charge < -0.3 is 9.84 Å². The average molecular weight is 485 g/mol. The number of hydrogen-bond donors (Lipinski definition) is 1. The Kier molecular flexibility index (Phi) is 8.07. The number of β-amino-alcohol motifs (C(OH)–C–C–N with tert-alkyl or cyclic N) is 1. The van der Waals surface area contributed by atoms with Gasteiger partial charge in [-0.3, -0.25) is 4.90 Å². The number of halogens is 1. The smallest absolute Gasteiger partial charge is 0.246 e. The molecule has 0 aliphatic carbocycles. The molecule has 4 rings (SSSR count). The van der Waals surface area contributed by atoms with Crippen molar-refractivity contribution in [2.24, 2.45) is 0 Å². The van der Waals surface area contributed by atoms with Gasteiger partial charge in [-0.05, 0) is 23.3 Å². The predicted octanol–water partition coefficient (Wildman–Crippen LogP) is 3.30. The van der Waals surface area contributed by atoms with E-state index in [9.17, 15) is 17.9 Å². The normalized spacial score (nSPS) is 16.6. The summed E-state index contributed by atoms with van der Waals surface area (Å²) in [7, 11) is -3.88. The lowest BCUT2D eigenvalue weighted by Gasteiger charge is -2.35. The van der Waals surface area contributed by atoms with Crippen LogP contribution >= 0.6 is 0 Å². The van der Waals surface area contributed by atoms with E-state index in [1.54, 1.807) is 0 Å². The van der Waals surface area contributed by atoms with Crippen LogP contribution in [-0.4, -0.2) is 68.2 Å². The highest BCUT2D eigenvalue weighted by atomic mass is 32.2. The molecule has 1 N–H and O–H groups in total. The molecule has 180 valence electrons. The quantitative estimate of drug-likeness (QED) is 0.505. The van der Waals surface area contributed by atoms with Crippen LogP contribution in [0, 0.1) is 5.82 Å². The fourth-order valence-electron chi connectivity index (χ4n) is 4.14. The minimum Gasteiger partial charge on any atom is -0.389 e. The summed E-state index contributed by atoms with van der Waals surface area (Å²) in [4.78, 5) is 1.70. The van der Waals surface area contributed by atoms with E-state index >= 15 is 0 Å². The van der Waals surface area contributed by atoms with E-state index in [0.29, 0.717) is 19.6 Å². The maximum absolute atomic E-state index is 14.0. The van der Waals surface area contributed by atoms with Gasteiger partial charge in [0.2, 0.25) is 10.0 Å². The van der Waals surface area contributed by atoms with Crippen molar-refractivity contribution >= 4 is 10.0 Å². The third-order valence-electron chi connectivity index (χ3n) is 5.91. The molecule has 0 unspecified atom stereocenters. The van der Waals surface area contributed by atoms with Crippen LogP contribution in [0.1, 0.15) is 17.2 Å². The van der Waals surface area contributed by atoms with Crippen LogP contribution in [0.3, 0.4) is 0 Å². The number of nitrogens with zero attached hydrogens (tertiary/aromatic N) is 2. The number of piperazine rings is 1. The van der Waals surface area contributed by atoms with Crippen LogP contribution in [0.4, 0.5) is 4.39 Å². The van der Waals surface area contributed by atoms with E-state index in [1.165, 1.54) is 22.5 Å². The Morgan fingerprint density at radius 3 is 1.91 bits per heavy atom. The molecule has 0 radical (unpaired) electrons. The summed E-state index contributed by atoms with van der Waals surface area (Å²) in [6, 6.07) is 25.2. The van der Waals surface area contributed by atoms with E-state index < -0.39 is 21.9 Å². The number of ether oxygens (including phenoxy) is 1. The molecule has 1 saturated heterocycles. The van der Waals surface area contributed by atoms with Crippen LogP contribution in [0.2, 0.25) is 0 Å². The second-order valence-electron chi connectivity index (χ2n) is 8.32. The van der Waals surface area contributed by atoms with Crippen molar-refractivity contribution in [2.45, 2.75) is 17.1 Å². The summed E-state index contributed by atoms with van der Waals surface area (Å²) in [5.41, 5.74) is 2.01. The van der Waals surface area contributed by atoms with E-state index in [2.05, 4.69) is 0 Å². The molecule has 0 saturated carbocycles. The SMILES string of the molecule is O=S(=O)(c1ccccc1F)N1CCN(C[C@H](O)COC(c2ccccc2)c2ccccc2)CC1. The highest BCUT2D eigenvalue weighted by Crippen LogP contribution is 2.26. The minimum atomic E-state index is -3.88. The van der Waals surface area contributed by atoms with E-state index in [1.807, 2.05) is 65.6 Å². The zero-order chi connectivity index (χ0) is 24.0. The molecular formula is C26H29FN2O4S. The summed E-state index contributed by atoms with van der Waals surface area (Å²) in [5, 5.41) is 10.6. The molecule has 3 aromatic rings. The monoisotopic (exact) mass is 484 g/mol. The van der Waals surface area contributed by atoms with Crippen LogP contribution in [0.25, 0.3) is 0 Å². The summed E-state index contributed by atoms with van der Waals surface area (Å²) in [6.45, 7) is 1.88. The molecule has 0 bridgehead atoms. The van der Waals surface area contributed by atoms with Gasteiger partial charge in [0, 0.05) is 32.7 Å². The zero-order valence-electron chi connectivity index (χ0n) is 18.8. The number of benzene rings is 3. The molecule has 0 spiro atoms. The summed E-state index contributed by atoms with van der Waals surface area (Å²) in [6.07, 6.45) is -1.02. The van der Waals surface area contributed by atoms with Gasteiger partial charge in [0.05, 0.1) is 12.7 Å². The standard InChI is InChI=1S/C26H29FN2O4S/c27-24-13-7-8-14-25(24)34(31,32)29-17-15-28(16-18-29)19-23(30)20-33-26(21-9-3-1-4-10-21)22-11-5-2-6-12-22/h1-14,23,26,30H,15-20H2/t23-/m0/s1.